The zero-order chi connectivity index (χ0) is 16.9. The van der Waals surface area contributed by atoms with Crippen LogP contribution in [0.1, 0.15) is 5.56 Å². The lowest BCUT2D eigenvalue weighted by Crippen LogP contribution is -1.98. The minimum Gasteiger partial charge on any atom is -0.357 e. The third-order valence-electron chi connectivity index (χ3n) is 4.08. The number of thiazole rings is 1. The van der Waals surface area contributed by atoms with Crippen molar-refractivity contribution in [1.82, 2.24) is 4.98 Å². The molecule has 4 aromatic rings. The second-order valence-electron chi connectivity index (χ2n) is 5.82. The third-order valence-corrected chi connectivity index (χ3v) is 4.88. The third kappa shape index (κ3) is 3.78. The molecule has 0 aliphatic heterocycles. The van der Waals surface area contributed by atoms with Gasteiger partial charge in [0.05, 0.1) is 5.69 Å². The number of nitrogens with one attached hydrogen (secondary N) is 1. The molecule has 25 heavy (non-hydrogen) atoms. The molecule has 0 aliphatic carbocycles. The normalized spacial score (nSPS) is 10.6. The first-order valence-corrected chi connectivity index (χ1v) is 9.16. The van der Waals surface area contributed by atoms with E-state index in [0.29, 0.717) is 0 Å². The van der Waals surface area contributed by atoms with Crippen LogP contribution in [0, 0.1) is 0 Å². The second kappa shape index (κ2) is 7.32. The van der Waals surface area contributed by atoms with Crippen molar-refractivity contribution in [2.75, 3.05) is 5.32 Å². The summed E-state index contributed by atoms with van der Waals surface area (Å²) in [6.07, 6.45) is 0. The van der Waals surface area contributed by atoms with Gasteiger partial charge in [-0.25, -0.2) is 4.98 Å². The Morgan fingerprint density at radius 1 is 0.680 bits per heavy atom. The molecule has 122 valence electrons. The molecule has 0 saturated carbocycles. The molecule has 0 atom stereocenters. The highest BCUT2D eigenvalue weighted by molar-refractivity contribution is 7.14. The van der Waals surface area contributed by atoms with Crippen molar-refractivity contribution in [3.8, 4) is 22.4 Å². The molecule has 0 saturated heterocycles. The summed E-state index contributed by atoms with van der Waals surface area (Å²) in [7, 11) is 0. The minimum absolute atomic E-state index is 0.792. The molecule has 1 heterocycles. The lowest BCUT2D eigenvalue weighted by Gasteiger charge is -2.03. The van der Waals surface area contributed by atoms with Gasteiger partial charge in [-0.3, -0.25) is 0 Å². The molecular weight excluding hydrogens is 324 g/mol. The monoisotopic (exact) mass is 342 g/mol. The number of hydrogen-bond acceptors (Lipinski definition) is 3. The minimum atomic E-state index is 0.792. The summed E-state index contributed by atoms with van der Waals surface area (Å²) in [5, 5.41) is 6.45. The molecule has 0 aliphatic rings. The van der Waals surface area contributed by atoms with E-state index in [4.69, 9.17) is 4.98 Å². The highest BCUT2D eigenvalue weighted by Gasteiger charge is 2.05. The summed E-state index contributed by atoms with van der Waals surface area (Å²) in [5.74, 6) is 0. The molecular formula is C22H18N2S. The van der Waals surface area contributed by atoms with E-state index in [9.17, 15) is 0 Å². The fourth-order valence-electron chi connectivity index (χ4n) is 2.73. The number of aromatic nitrogens is 1. The maximum atomic E-state index is 4.71. The summed E-state index contributed by atoms with van der Waals surface area (Å²) in [4.78, 5) is 4.71. The van der Waals surface area contributed by atoms with Crippen LogP contribution < -0.4 is 5.32 Å². The Bertz CT molecular complexity index is 929. The van der Waals surface area contributed by atoms with E-state index in [1.165, 1.54) is 16.7 Å². The average molecular weight is 342 g/mol. The molecule has 2 nitrogen and oxygen atoms in total. The Morgan fingerprint density at radius 3 is 2.00 bits per heavy atom. The summed E-state index contributed by atoms with van der Waals surface area (Å²) < 4.78 is 0. The van der Waals surface area contributed by atoms with Crippen LogP contribution in [0.4, 0.5) is 5.13 Å². The first-order valence-electron chi connectivity index (χ1n) is 8.28. The lowest BCUT2D eigenvalue weighted by atomic mass is 10.0. The first-order chi connectivity index (χ1) is 12.4. The number of hydrogen-bond donors (Lipinski definition) is 1. The van der Waals surface area contributed by atoms with Crippen molar-refractivity contribution in [2.24, 2.45) is 0 Å². The summed E-state index contributed by atoms with van der Waals surface area (Å²) in [6, 6.07) is 29.4. The van der Waals surface area contributed by atoms with E-state index in [0.717, 1.165) is 22.9 Å². The SMILES string of the molecule is c1ccc(CNc2nc(-c3ccc(-c4ccccc4)cc3)cs2)cc1. The van der Waals surface area contributed by atoms with Crippen molar-refractivity contribution in [3.63, 3.8) is 0 Å². The van der Waals surface area contributed by atoms with Crippen LogP contribution in [0.2, 0.25) is 0 Å². The lowest BCUT2D eigenvalue weighted by molar-refractivity contribution is 1.14. The predicted octanol–water partition coefficient (Wildman–Crippen LogP) is 6.09. The van der Waals surface area contributed by atoms with Gasteiger partial charge in [-0.15, -0.1) is 11.3 Å². The Labute approximate surface area is 151 Å². The average Bonchev–Trinajstić information content (AvgIpc) is 3.17. The van der Waals surface area contributed by atoms with E-state index in [2.05, 4.69) is 83.5 Å². The molecule has 0 unspecified atom stereocenters. The number of benzene rings is 3. The van der Waals surface area contributed by atoms with E-state index in [1.54, 1.807) is 11.3 Å². The molecule has 0 bridgehead atoms. The maximum absolute atomic E-state index is 4.71. The Balaban J connectivity index is 1.46. The molecule has 0 amide bonds. The largest absolute Gasteiger partial charge is 0.357 e. The molecule has 3 aromatic carbocycles. The summed E-state index contributed by atoms with van der Waals surface area (Å²) in [5.41, 5.74) is 5.87. The highest BCUT2D eigenvalue weighted by atomic mass is 32.1. The molecule has 1 N–H and O–H groups in total. The smallest absolute Gasteiger partial charge is 0.183 e. The van der Waals surface area contributed by atoms with E-state index >= 15 is 0 Å². The van der Waals surface area contributed by atoms with Gasteiger partial charge in [0.15, 0.2) is 5.13 Å². The number of rotatable bonds is 5. The topological polar surface area (TPSA) is 24.9 Å². The summed E-state index contributed by atoms with van der Waals surface area (Å²) >= 11 is 1.64. The standard InChI is InChI=1S/C22H18N2S/c1-3-7-17(8-4-1)15-23-22-24-21(16-25-22)20-13-11-19(12-14-20)18-9-5-2-6-10-18/h1-14,16H,15H2,(H,23,24). The number of nitrogens with zero attached hydrogens (tertiary/aromatic N) is 1. The predicted molar refractivity (Wildman–Crippen MR) is 107 cm³/mol. The molecule has 1 aromatic heterocycles. The molecule has 0 spiro atoms. The Morgan fingerprint density at radius 2 is 1.28 bits per heavy atom. The van der Waals surface area contributed by atoms with Gasteiger partial charge < -0.3 is 5.32 Å². The second-order valence-corrected chi connectivity index (χ2v) is 6.68. The van der Waals surface area contributed by atoms with E-state index < -0.39 is 0 Å². The van der Waals surface area contributed by atoms with Crippen molar-refractivity contribution < 1.29 is 0 Å². The summed E-state index contributed by atoms with van der Waals surface area (Å²) in [6.45, 7) is 0.792. The van der Waals surface area contributed by atoms with Gasteiger partial charge in [0.25, 0.3) is 0 Å². The Kier molecular flexibility index (Phi) is 4.57. The van der Waals surface area contributed by atoms with Crippen molar-refractivity contribution >= 4 is 16.5 Å². The van der Waals surface area contributed by atoms with Crippen LogP contribution in [0.3, 0.4) is 0 Å². The van der Waals surface area contributed by atoms with Gasteiger partial charge in [-0.05, 0) is 16.7 Å². The maximum Gasteiger partial charge on any atom is 0.183 e. The van der Waals surface area contributed by atoms with Gasteiger partial charge >= 0.3 is 0 Å². The van der Waals surface area contributed by atoms with Crippen molar-refractivity contribution in [2.45, 2.75) is 6.54 Å². The van der Waals surface area contributed by atoms with Crippen LogP contribution in [0.15, 0.2) is 90.3 Å². The zero-order valence-corrected chi connectivity index (χ0v) is 14.5. The fourth-order valence-corrected chi connectivity index (χ4v) is 3.44. The van der Waals surface area contributed by atoms with Crippen LogP contribution in [0.5, 0.6) is 0 Å². The van der Waals surface area contributed by atoms with Crippen LogP contribution in [-0.4, -0.2) is 4.98 Å². The van der Waals surface area contributed by atoms with Crippen LogP contribution >= 0.6 is 11.3 Å². The highest BCUT2D eigenvalue weighted by Crippen LogP contribution is 2.27. The van der Waals surface area contributed by atoms with E-state index in [1.807, 2.05) is 12.1 Å². The zero-order valence-electron chi connectivity index (χ0n) is 13.7. The molecule has 4 rings (SSSR count). The Hall–Kier alpha value is -2.91. The molecule has 0 radical (unpaired) electrons. The fraction of sp³-hybridized carbons (Fsp3) is 0.0455. The van der Waals surface area contributed by atoms with Gasteiger partial charge in [-0.2, -0.15) is 0 Å². The van der Waals surface area contributed by atoms with E-state index in [-0.39, 0.29) is 0 Å². The molecule has 3 heteroatoms. The molecule has 0 fully saturated rings. The van der Waals surface area contributed by atoms with Gasteiger partial charge in [0, 0.05) is 17.5 Å². The van der Waals surface area contributed by atoms with Gasteiger partial charge in [0.1, 0.15) is 0 Å². The van der Waals surface area contributed by atoms with Crippen LogP contribution in [0.25, 0.3) is 22.4 Å². The first kappa shape index (κ1) is 15.6. The van der Waals surface area contributed by atoms with Crippen molar-refractivity contribution in [1.29, 1.82) is 0 Å². The van der Waals surface area contributed by atoms with Gasteiger partial charge in [0.2, 0.25) is 0 Å². The van der Waals surface area contributed by atoms with Crippen molar-refractivity contribution in [3.05, 3.63) is 95.9 Å². The van der Waals surface area contributed by atoms with Crippen LogP contribution in [-0.2, 0) is 6.54 Å². The number of anilines is 1. The quantitative estimate of drug-likeness (QED) is 0.475. The van der Waals surface area contributed by atoms with Gasteiger partial charge in [-0.1, -0.05) is 84.9 Å².